The van der Waals surface area contributed by atoms with E-state index in [0.717, 1.165) is 18.4 Å². The molecule has 120 heavy (non-hydrogen) atoms. The van der Waals surface area contributed by atoms with Gasteiger partial charge in [0.1, 0.15) is 12.4 Å². The summed E-state index contributed by atoms with van der Waals surface area (Å²) < 4.78 is 5.45. The topological polar surface area (TPSA) is 67.4 Å². The number of Topliss-reactive ketones (excluding diaryl/α,β-unsaturated/α-hetero) is 1. The first-order valence-corrected chi connectivity index (χ1v) is 34.3. The van der Waals surface area contributed by atoms with Crippen molar-refractivity contribution >= 4 is 11.7 Å². The zero-order valence-corrected chi connectivity index (χ0v) is 67.9. The number of ether oxygens (including phenoxy) is 1. The van der Waals surface area contributed by atoms with Gasteiger partial charge in [0.15, 0.2) is 0 Å². The molecule has 0 aliphatic rings. The van der Waals surface area contributed by atoms with Crippen LogP contribution in [0.15, 0.2) is 24.3 Å². The Bertz CT molecular complexity index is 7140. The van der Waals surface area contributed by atoms with Crippen LogP contribution >= 0.6 is 0 Å². The fourth-order valence-electron chi connectivity index (χ4n) is 5.48. The summed E-state index contributed by atoms with van der Waals surface area (Å²) in [5, 5.41) is 6.08. The quantitative estimate of drug-likeness (QED) is 0.230. The number of carbonyl (C=O) groups is 2. The third-order valence-electron chi connectivity index (χ3n) is 11.5. The number of carbonyl (C=O) groups excluding carboxylic acids is 2. The summed E-state index contributed by atoms with van der Waals surface area (Å²) in [5.74, 6) is 207. The van der Waals surface area contributed by atoms with E-state index in [0.29, 0.717) is 24.2 Å². The van der Waals surface area contributed by atoms with E-state index in [2.05, 4.69) is 561 Å². The van der Waals surface area contributed by atoms with E-state index in [-0.39, 0.29) is 29.1 Å². The maximum atomic E-state index is 11.7. The van der Waals surface area contributed by atoms with Crippen molar-refractivity contribution in [1.82, 2.24) is 10.6 Å². The summed E-state index contributed by atoms with van der Waals surface area (Å²) in [7, 11) is 1.93. The molecule has 1 amide bonds. The molecular formula is C115H58N2O3. The lowest BCUT2D eigenvalue weighted by molar-refractivity contribution is -0.130. The molecule has 0 fully saturated rings. The second-order valence-corrected chi connectivity index (χ2v) is 23.5. The van der Waals surface area contributed by atoms with Gasteiger partial charge in [0, 0.05) is 415 Å². The van der Waals surface area contributed by atoms with Crippen LogP contribution in [0.3, 0.4) is 0 Å². The zero-order valence-electron chi connectivity index (χ0n) is 67.9. The lowest BCUT2D eigenvalue weighted by atomic mass is 9.83. The monoisotopic (exact) mass is 1510 g/mol. The van der Waals surface area contributed by atoms with Gasteiger partial charge in [-0.2, -0.15) is 0 Å². The molecule has 0 aliphatic heterocycles. The van der Waals surface area contributed by atoms with Crippen LogP contribution in [0.1, 0.15) is 113 Å². The van der Waals surface area contributed by atoms with Gasteiger partial charge in [0.2, 0.25) is 5.91 Å². The van der Waals surface area contributed by atoms with Crippen molar-refractivity contribution in [3.05, 3.63) is 35.4 Å². The van der Waals surface area contributed by atoms with Crippen molar-refractivity contribution in [3.8, 4) is 498 Å². The third kappa shape index (κ3) is 81.9. The van der Waals surface area contributed by atoms with Gasteiger partial charge in [-0.15, -0.1) is 6.42 Å². The molecule has 0 spiro atoms. The van der Waals surface area contributed by atoms with Gasteiger partial charge in [0.05, 0.1) is 5.60 Å². The molecule has 0 unspecified atom stereocenters. The molecule has 1 aromatic rings. The van der Waals surface area contributed by atoms with Crippen LogP contribution in [0.25, 0.3) is 0 Å². The molecule has 0 aromatic heterocycles. The Morgan fingerprint density at radius 1 is 0.308 bits per heavy atom. The van der Waals surface area contributed by atoms with Crippen LogP contribution in [0.5, 0.6) is 0 Å². The van der Waals surface area contributed by atoms with E-state index >= 15 is 0 Å². The summed E-state index contributed by atoms with van der Waals surface area (Å²) in [4.78, 5) is 23.3. The van der Waals surface area contributed by atoms with Crippen molar-refractivity contribution in [3.63, 3.8) is 0 Å². The Kier molecular flexibility index (Phi) is 64.2. The predicted octanol–water partition coefficient (Wildman–Crippen LogP) is 7.26. The van der Waals surface area contributed by atoms with Crippen LogP contribution in [-0.4, -0.2) is 36.5 Å². The molecule has 2 N–H and O–H groups in total. The van der Waals surface area contributed by atoms with Crippen LogP contribution in [0.4, 0.5) is 0 Å². The molecule has 0 aliphatic carbocycles. The van der Waals surface area contributed by atoms with Gasteiger partial charge in [-0.05, 0) is 173 Å². The smallest absolute Gasteiger partial charge is 0.246 e. The first-order valence-electron chi connectivity index (χ1n) is 34.3. The maximum absolute atomic E-state index is 11.7. The number of hydrogen-bond acceptors (Lipinski definition) is 4. The molecule has 1 rings (SSSR count). The Labute approximate surface area is 716 Å². The molecular weight excluding hydrogens is 1460 g/mol. The van der Waals surface area contributed by atoms with Crippen molar-refractivity contribution < 1.29 is 14.3 Å². The van der Waals surface area contributed by atoms with E-state index in [9.17, 15) is 9.59 Å². The summed E-state index contributed by atoms with van der Waals surface area (Å²) in [6.45, 7) is 25.1. The summed E-state index contributed by atoms with van der Waals surface area (Å²) in [5.41, 5.74) is 2.38. The minimum absolute atomic E-state index is 0.0703. The molecule has 546 valence electrons. The number of hydrogen-bond donors (Lipinski definition) is 2. The second kappa shape index (κ2) is 75.6. The minimum atomic E-state index is -0.287. The average Bonchev–Trinajstić information content (AvgIpc) is 0.890. The lowest BCUT2D eigenvalue weighted by Gasteiger charge is -2.25. The van der Waals surface area contributed by atoms with Crippen molar-refractivity contribution in [2.75, 3.05) is 13.7 Å². The lowest BCUT2D eigenvalue weighted by Crippen LogP contribution is -2.37. The Morgan fingerprint density at radius 2 is 0.500 bits per heavy atom. The van der Waals surface area contributed by atoms with E-state index in [1.54, 1.807) is 6.92 Å². The number of rotatable bonds is 11. The highest BCUT2D eigenvalue weighted by molar-refractivity contribution is 5.83. The highest BCUT2D eigenvalue weighted by atomic mass is 16.5. The first kappa shape index (κ1) is 102. The third-order valence-corrected chi connectivity index (χ3v) is 11.5. The highest BCUT2D eigenvalue weighted by Gasteiger charge is 2.24. The fraction of sp³-hybridized carbons (Fsp3) is 0.200. The summed E-state index contributed by atoms with van der Waals surface area (Å²) in [6, 6.07) is 8.49. The SMILES string of the molecule is C#CC#CC#CC#CC#CC#CC#CC#CC#CC#CC#CC#CC#CC#CC#CC#CC#CC#CC#CC#CC#CC#CC#CC#CC#CC#CC#CC#CC#CC#CC#CC#CC#CC#CC#CC#CC#CC#CC#CC#CC#CC#CC.CCC(C)(C)Cc1ccc(CNC(=O)COC(C)(C)C)cc1.CNC(C)(C)CCC(=O)C(C)(C)C. The molecule has 0 heterocycles. The van der Waals surface area contributed by atoms with Gasteiger partial charge in [-0.3, -0.25) is 9.59 Å². The van der Waals surface area contributed by atoms with E-state index in [1.807, 2.05) is 48.6 Å². The van der Waals surface area contributed by atoms with E-state index in [4.69, 9.17) is 11.2 Å². The normalized spacial score (nSPS) is 6.47. The number of ketones is 1. The van der Waals surface area contributed by atoms with Crippen LogP contribution < -0.4 is 10.6 Å². The Balaban J connectivity index is 0. The van der Waals surface area contributed by atoms with Gasteiger partial charge >= 0.3 is 0 Å². The summed E-state index contributed by atoms with van der Waals surface area (Å²) in [6.07, 6.45) is 8.76. The molecule has 0 atom stereocenters. The number of amides is 1. The molecule has 5 heteroatoms. The highest BCUT2D eigenvalue weighted by Crippen LogP contribution is 2.25. The number of nitrogens with one attached hydrogen (secondary N) is 2. The molecule has 1 aromatic carbocycles. The zero-order chi connectivity index (χ0) is 88.2. The van der Waals surface area contributed by atoms with Crippen molar-refractivity contribution in [1.29, 1.82) is 0 Å². The van der Waals surface area contributed by atoms with Gasteiger partial charge in [-0.25, -0.2) is 0 Å². The molecule has 0 bridgehead atoms. The minimum Gasteiger partial charge on any atom is -0.366 e. The largest absolute Gasteiger partial charge is 0.366 e. The van der Waals surface area contributed by atoms with Crippen LogP contribution in [0.2, 0.25) is 0 Å². The van der Waals surface area contributed by atoms with Gasteiger partial charge in [0.25, 0.3) is 0 Å². The number of terminal acetylenes is 1. The van der Waals surface area contributed by atoms with Crippen LogP contribution in [-0.2, 0) is 27.3 Å². The maximum Gasteiger partial charge on any atom is 0.246 e. The van der Waals surface area contributed by atoms with Gasteiger partial charge in [-0.1, -0.05) is 78.1 Å². The first-order chi connectivity index (χ1) is 58.2. The molecule has 0 radical (unpaired) electrons. The fourth-order valence-corrected chi connectivity index (χ4v) is 5.48. The standard InChI is InChI=1S/C85H4.C19H31NO2.C11H23NO/c1-3-5-7-9-11-13-15-17-19-21-23-25-27-29-31-33-35-37-39-41-43-45-47-49-51-53-55-57-59-61-63-65-67-69-71-73-75-77-79-81-83-85-84-82-80-78-76-74-72-70-68-66-64-62-60-58-56-54-52-50-48-46-44-42-40-38-36-34-32-30-28-26-24-22-20-18-16-14-12-10-8-6-4-2;1-7-19(5,6)12-15-8-10-16(11-9-15)13-20-17(21)14-22-18(2,3)4;1-10(2,3)9(13)7-8-11(4,5)12-6/h1H,2H3;8-11H,7,12-14H2,1-6H3,(H,20,21);12H,7-8H2,1-6H3. The van der Waals surface area contributed by atoms with Crippen molar-refractivity contribution in [2.24, 2.45) is 10.8 Å². The van der Waals surface area contributed by atoms with Gasteiger partial charge < -0.3 is 15.4 Å². The average molecular weight is 1520 g/mol. The Morgan fingerprint density at radius 3 is 0.667 bits per heavy atom. The predicted molar refractivity (Wildman–Crippen MR) is 482 cm³/mol. The van der Waals surface area contributed by atoms with E-state index < -0.39 is 0 Å². The Hall–Kier alpha value is -20.2. The summed E-state index contributed by atoms with van der Waals surface area (Å²) >= 11 is 0. The molecule has 0 saturated carbocycles. The van der Waals surface area contributed by atoms with Crippen LogP contribution in [0, 0.1) is 509 Å². The molecule has 0 saturated heterocycles. The van der Waals surface area contributed by atoms with Crippen molar-refractivity contribution in [2.45, 2.75) is 126 Å². The number of benzene rings is 1. The molecule has 5 nitrogen and oxygen atoms in total. The second-order valence-electron chi connectivity index (χ2n) is 23.5. The van der Waals surface area contributed by atoms with E-state index in [1.165, 1.54) is 12.0 Å².